The average Bonchev–Trinajstić information content (AvgIpc) is 3.53. The molecular formula is C36H33NO7. The Labute approximate surface area is 256 Å². The van der Waals surface area contributed by atoms with Crippen molar-refractivity contribution in [3.63, 3.8) is 0 Å². The molecule has 4 aromatic rings. The van der Waals surface area contributed by atoms with E-state index in [1.807, 2.05) is 6.07 Å². The number of hydrogen-bond donors (Lipinski definition) is 0. The number of carboxylic acids is 1. The Kier molecular flexibility index (Phi) is 8.17. The molecule has 0 N–H and O–H groups in total. The highest BCUT2D eigenvalue weighted by atomic mass is 16.7. The molecule has 0 saturated heterocycles. The number of aryl methyl sites for hydroxylation is 2. The van der Waals surface area contributed by atoms with E-state index in [0.29, 0.717) is 23.5 Å². The third-order valence-electron chi connectivity index (χ3n) is 8.36. The van der Waals surface area contributed by atoms with Crippen molar-refractivity contribution in [1.29, 1.82) is 0 Å². The first-order valence-corrected chi connectivity index (χ1v) is 14.5. The predicted molar refractivity (Wildman–Crippen MR) is 160 cm³/mol. The molecular weight excluding hydrogens is 558 g/mol. The van der Waals surface area contributed by atoms with Crippen LogP contribution in [0.4, 0.5) is 0 Å². The van der Waals surface area contributed by atoms with Crippen molar-refractivity contribution in [2.75, 3.05) is 21.0 Å². The normalized spacial score (nSPS) is 16.2. The van der Waals surface area contributed by atoms with Crippen LogP contribution in [-0.4, -0.2) is 32.8 Å². The molecule has 3 aromatic carbocycles. The van der Waals surface area contributed by atoms with Crippen LogP contribution in [0.3, 0.4) is 0 Å². The molecule has 1 aromatic heterocycles. The summed E-state index contributed by atoms with van der Waals surface area (Å²) in [6, 6.07) is 22.1. The zero-order valence-electron chi connectivity index (χ0n) is 24.9. The summed E-state index contributed by atoms with van der Waals surface area (Å²) in [5.74, 6) is 0.578. The number of carbonyl (C=O) groups is 2. The van der Waals surface area contributed by atoms with Gasteiger partial charge in [-0.05, 0) is 47.4 Å². The number of carbonyl (C=O) groups excluding carboxylic acids is 2. The zero-order chi connectivity index (χ0) is 30.8. The summed E-state index contributed by atoms with van der Waals surface area (Å²) in [5.41, 5.74) is 7.88. The number of carboxylic acid groups (broad SMARTS) is 1. The van der Waals surface area contributed by atoms with Crippen LogP contribution in [0.25, 0.3) is 11.3 Å². The number of ketones is 1. The van der Waals surface area contributed by atoms with E-state index in [-0.39, 0.29) is 11.9 Å². The lowest BCUT2D eigenvalue weighted by Gasteiger charge is -2.25. The van der Waals surface area contributed by atoms with Crippen LogP contribution >= 0.6 is 0 Å². The van der Waals surface area contributed by atoms with Crippen LogP contribution in [0.15, 0.2) is 90.8 Å². The first kappa shape index (κ1) is 29.1. The van der Waals surface area contributed by atoms with Gasteiger partial charge in [0.25, 0.3) is 0 Å². The number of nitrogens with zero attached hydrogens (tertiary/aromatic N) is 1. The Bertz CT molecular complexity index is 1760. The fraction of sp³-hybridized carbons (Fsp3) is 0.250. The number of rotatable bonds is 6. The van der Waals surface area contributed by atoms with Crippen molar-refractivity contribution in [2.24, 2.45) is 0 Å². The molecule has 1 aliphatic carbocycles. The van der Waals surface area contributed by atoms with Crippen molar-refractivity contribution in [3.8, 4) is 22.8 Å². The summed E-state index contributed by atoms with van der Waals surface area (Å²) < 4.78 is 24.6. The molecule has 0 saturated carbocycles. The average molecular weight is 592 g/mol. The van der Waals surface area contributed by atoms with Crippen LogP contribution in [-0.2, 0) is 33.7 Å². The highest BCUT2D eigenvalue weighted by molar-refractivity contribution is 6.09. The van der Waals surface area contributed by atoms with Gasteiger partial charge in [-0.15, -0.1) is 0 Å². The molecule has 3 heterocycles. The van der Waals surface area contributed by atoms with Gasteiger partial charge in [-0.2, -0.15) is 4.57 Å². The first-order valence-electron chi connectivity index (χ1n) is 14.5. The number of aliphatic carboxylic acids is 1. The maximum atomic E-state index is 12.2. The monoisotopic (exact) mass is 591 g/mol. The Hall–Kier alpha value is -4.95. The fourth-order valence-electron chi connectivity index (χ4n) is 5.90. The van der Waals surface area contributed by atoms with Gasteiger partial charge in [0.1, 0.15) is 11.9 Å². The summed E-state index contributed by atoms with van der Waals surface area (Å²) in [6.07, 6.45) is 6.03. The van der Waals surface area contributed by atoms with E-state index in [0.717, 1.165) is 36.6 Å². The molecule has 44 heavy (non-hydrogen) atoms. The molecule has 8 heteroatoms. The van der Waals surface area contributed by atoms with Gasteiger partial charge < -0.3 is 28.8 Å². The SMILES string of the molecule is CC(C(=O)[O-])c1cccc(C(=O)c2ccccc2)c1.COC1=CCc2cc3[n+](cc2C1OC)CCc1cc2c(cc1-3)OCO2. The first-order chi connectivity index (χ1) is 21.4. The number of pyridine rings is 1. The second-order valence-corrected chi connectivity index (χ2v) is 10.9. The summed E-state index contributed by atoms with van der Waals surface area (Å²) in [4.78, 5) is 23.1. The molecule has 2 unspecified atom stereocenters. The summed E-state index contributed by atoms with van der Waals surface area (Å²) >= 11 is 0. The van der Waals surface area contributed by atoms with Gasteiger partial charge >= 0.3 is 0 Å². The van der Waals surface area contributed by atoms with Crippen molar-refractivity contribution < 1.29 is 38.2 Å². The Balaban J connectivity index is 0.000000163. The van der Waals surface area contributed by atoms with Crippen molar-refractivity contribution in [2.45, 2.75) is 38.3 Å². The molecule has 0 radical (unpaired) electrons. The number of allylic oxidation sites excluding steroid dienone is 1. The Morgan fingerprint density at radius 1 is 0.932 bits per heavy atom. The van der Waals surface area contributed by atoms with E-state index in [2.05, 4.69) is 35.0 Å². The molecule has 2 aliphatic heterocycles. The molecule has 0 spiro atoms. The number of fused-ring (bicyclic) bond motifs is 5. The third-order valence-corrected chi connectivity index (χ3v) is 8.36. The number of ether oxygens (including phenoxy) is 4. The van der Waals surface area contributed by atoms with Crippen molar-refractivity contribution in [1.82, 2.24) is 0 Å². The largest absolute Gasteiger partial charge is 0.550 e. The van der Waals surface area contributed by atoms with Crippen molar-refractivity contribution >= 4 is 11.8 Å². The predicted octanol–water partition coefficient (Wildman–Crippen LogP) is 4.47. The maximum absolute atomic E-state index is 12.2. The highest BCUT2D eigenvalue weighted by Crippen LogP contribution is 2.41. The van der Waals surface area contributed by atoms with Gasteiger partial charge in [-0.3, -0.25) is 4.79 Å². The fourth-order valence-corrected chi connectivity index (χ4v) is 5.90. The van der Waals surface area contributed by atoms with Gasteiger partial charge in [-0.25, -0.2) is 0 Å². The van der Waals surface area contributed by atoms with E-state index < -0.39 is 11.9 Å². The number of hydrogen-bond acceptors (Lipinski definition) is 7. The van der Waals surface area contributed by atoms with Crippen LogP contribution in [0.5, 0.6) is 11.5 Å². The topological polar surface area (TPSA) is 98.0 Å². The van der Waals surface area contributed by atoms with E-state index in [9.17, 15) is 14.7 Å². The third kappa shape index (κ3) is 5.56. The van der Waals surface area contributed by atoms with Gasteiger partial charge in [0, 0.05) is 42.6 Å². The van der Waals surface area contributed by atoms with Gasteiger partial charge in [0.2, 0.25) is 12.5 Å². The summed E-state index contributed by atoms with van der Waals surface area (Å²) in [6.45, 7) is 2.79. The Morgan fingerprint density at radius 2 is 1.68 bits per heavy atom. The molecule has 0 amide bonds. The summed E-state index contributed by atoms with van der Waals surface area (Å²) in [7, 11) is 3.43. The quantitative estimate of drug-likeness (QED) is 0.241. The van der Waals surface area contributed by atoms with E-state index >= 15 is 0 Å². The minimum Gasteiger partial charge on any atom is -0.550 e. The molecule has 224 valence electrons. The zero-order valence-corrected chi connectivity index (χ0v) is 24.9. The molecule has 8 nitrogen and oxygen atoms in total. The van der Waals surface area contributed by atoms with Crippen LogP contribution in [0.1, 0.15) is 57.1 Å². The molecule has 0 fully saturated rings. The smallest absolute Gasteiger partial charge is 0.231 e. The van der Waals surface area contributed by atoms with E-state index in [4.69, 9.17) is 18.9 Å². The van der Waals surface area contributed by atoms with Crippen molar-refractivity contribution in [3.05, 3.63) is 124 Å². The number of methoxy groups -OCH3 is 2. The molecule has 0 bridgehead atoms. The highest BCUT2D eigenvalue weighted by Gasteiger charge is 2.33. The summed E-state index contributed by atoms with van der Waals surface area (Å²) in [5, 5.41) is 10.9. The molecule has 2 atom stereocenters. The minimum absolute atomic E-state index is 0.118. The van der Waals surface area contributed by atoms with Crippen LogP contribution in [0.2, 0.25) is 0 Å². The van der Waals surface area contributed by atoms with Crippen LogP contribution in [0, 0.1) is 0 Å². The van der Waals surface area contributed by atoms with Gasteiger partial charge in [0.05, 0.1) is 18.2 Å². The maximum Gasteiger partial charge on any atom is 0.231 e. The minimum atomic E-state index is -1.15. The number of aromatic nitrogens is 1. The lowest BCUT2D eigenvalue weighted by molar-refractivity contribution is -0.688. The van der Waals surface area contributed by atoms with Gasteiger partial charge in [0.15, 0.2) is 30.0 Å². The Morgan fingerprint density at radius 3 is 2.41 bits per heavy atom. The van der Waals surface area contributed by atoms with Crippen LogP contribution < -0.4 is 19.1 Å². The van der Waals surface area contributed by atoms with Gasteiger partial charge in [-0.1, -0.05) is 55.5 Å². The standard InChI is InChI=1S/C20H20NO4.C16H14O3/c1-22-17-4-3-12-7-16-14-9-19-18(24-11-25-19)8-13(14)5-6-21(16)10-15(12)20(17)23-2;1-11(16(18)19)13-8-5-9-14(10-13)15(17)12-6-3-2-4-7-12/h4,7-10,20H,3,5-6,11H2,1-2H3;2-11H,1H3,(H,18,19)/q+1;/p-1. The number of benzene rings is 3. The van der Waals surface area contributed by atoms with E-state index in [1.165, 1.54) is 27.9 Å². The molecule has 7 rings (SSSR count). The molecule has 3 aliphatic rings. The lowest BCUT2D eigenvalue weighted by Crippen LogP contribution is -2.41. The second-order valence-electron chi connectivity index (χ2n) is 10.9. The van der Waals surface area contributed by atoms with E-state index in [1.54, 1.807) is 69.7 Å². The lowest BCUT2D eigenvalue weighted by atomic mass is 9.90. The second kappa shape index (κ2) is 12.3.